The van der Waals surface area contributed by atoms with Crippen molar-refractivity contribution < 1.29 is 9.72 Å². The first-order valence-electron chi connectivity index (χ1n) is 6.39. The van der Waals surface area contributed by atoms with Gasteiger partial charge < -0.3 is 5.32 Å². The maximum Gasteiger partial charge on any atom is 0.251 e. The van der Waals surface area contributed by atoms with Crippen molar-refractivity contribution in [3.8, 4) is 0 Å². The summed E-state index contributed by atoms with van der Waals surface area (Å²) in [5, 5.41) is 13.4. The molecule has 0 saturated carbocycles. The van der Waals surface area contributed by atoms with Gasteiger partial charge in [-0.25, -0.2) is 0 Å². The molecule has 2 rings (SSSR count). The highest BCUT2D eigenvalue weighted by atomic mass is 16.6. The summed E-state index contributed by atoms with van der Waals surface area (Å²) in [6.45, 7) is 0.0960. The van der Waals surface area contributed by atoms with Crippen LogP contribution >= 0.6 is 0 Å². The highest BCUT2D eigenvalue weighted by molar-refractivity contribution is 5.95. The van der Waals surface area contributed by atoms with E-state index in [9.17, 15) is 14.9 Å². The monoisotopic (exact) mass is 282 g/mol. The molecule has 1 N–H and O–H groups in total. The molecule has 1 amide bonds. The van der Waals surface area contributed by atoms with E-state index in [2.05, 4.69) is 5.32 Å². The van der Waals surface area contributed by atoms with Crippen LogP contribution in [-0.4, -0.2) is 17.4 Å². The van der Waals surface area contributed by atoms with E-state index >= 15 is 0 Å². The fourth-order valence-electron chi connectivity index (χ4n) is 1.87. The largest absolute Gasteiger partial charge is 0.348 e. The van der Waals surface area contributed by atoms with E-state index in [4.69, 9.17) is 0 Å². The summed E-state index contributed by atoms with van der Waals surface area (Å²) in [6, 6.07) is 17.7. The summed E-state index contributed by atoms with van der Waals surface area (Å²) < 4.78 is 0. The van der Waals surface area contributed by atoms with Crippen molar-refractivity contribution in [2.75, 3.05) is 6.54 Å². The van der Waals surface area contributed by atoms with Crippen LogP contribution < -0.4 is 5.32 Å². The van der Waals surface area contributed by atoms with Gasteiger partial charge in [-0.1, -0.05) is 48.5 Å². The summed E-state index contributed by atoms with van der Waals surface area (Å²) in [4.78, 5) is 22.2. The third-order valence-electron chi connectivity index (χ3n) is 2.88. The predicted molar refractivity (Wildman–Crippen MR) is 80.2 cm³/mol. The maximum absolute atomic E-state index is 12.0. The van der Waals surface area contributed by atoms with E-state index in [1.165, 1.54) is 0 Å². The van der Waals surface area contributed by atoms with Gasteiger partial charge in [0, 0.05) is 17.7 Å². The van der Waals surface area contributed by atoms with Crippen LogP contribution in [0.25, 0.3) is 5.57 Å². The first kappa shape index (κ1) is 14.5. The quantitative estimate of drug-likeness (QED) is 0.677. The Hall–Kier alpha value is -2.95. The van der Waals surface area contributed by atoms with Crippen molar-refractivity contribution >= 4 is 11.5 Å². The average Bonchev–Trinajstić information content (AvgIpc) is 2.52. The summed E-state index contributed by atoms with van der Waals surface area (Å²) in [7, 11) is 0. The molecule has 2 aromatic carbocycles. The molecule has 0 atom stereocenters. The Kier molecular flexibility index (Phi) is 4.82. The number of carbonyl (C=O) groups is 1. The van der Waals surface area contributed by atoms with Gasteiger partial charge in [0.1, 0.15) is 0 Å². The number of hydrogen-bond donors (Lipinski definition) is 1. The zero-order chi connectivity index (χ0) is 15.1. The minimum Gasteiger partial charge on any atom is -0.348 e. The average molecular weight is 282 g/mol. The number of carbonyl (C=O) groups excluding carboxylic acids is 1. The van der Waals surface area contributed by atoms with Gasteiger partial charge in [0.05, 0.1) is 4.92 Å². The molecule has 0 saturated heterocycles. The third-order valence-corrected chi connectivity index (χ3v) is 2.88. The van der Waals surface area contributed by atoms with Crippen molar-refractivity contribution in [3.05, 3.63) is 88.1 Å². The topological polar surface area (TPSA) is 72.2 Å². The van der Waals surface area contributed by atoms with Gasteiger partial charge in [0.2, 0.25) is 6.20 Å². The van der Waals surface area contributed by atoms with Crippen LogP contribution in [0.4, 0.5) is 0 Å². The summed E-state index contributed by atoms with van der Waals surface area (Å²) in [6.07, 6.45) is 0.917. The lowest BCUT2D eigenvalue weighted by Gasteiger charge is -2.07. The molecule has 5 nitrogen and oxygen atoms in total. The standard InChI is InChI=1S/C16H14N2O3/c19-16(14-9-5-2-6-10-14)17-11-15(12-18(20)21)13-7-3-1-4-8-13/h1-10,12H,11H2,(H,17,19)/b15-12+. The fourth-order valence-corrected chi connectivity index (χ4v) is 1.87. The van der Waals surface area contributed by atoms with Crippen LogP contribution in [-0.2, 0) is 0 Å². The van der Waals surface area contributed by atoms with E-state index in [0.717, 1.165) is 6.20 Å². The fraction of sp³-hybridized carbons (Fsp3) is 0.0625. The van der Waals surface area contributed by atoms with E-state index < -0.39 is 4.92 Å². The molecule has 2 aromatic rings. The van der Waals surface area contributed by atoms with Crippen LogP contribution in [0.15, 0.2) is 66.9 Å². The molecule has 0 aliphatic carbocycles. The second kappa shape index (κ2) is 7.00. The number of rotatable bonds is 5. The number of benzene rings is 2. The second-order valence-electron chi connectivity index (χ2n) is 4.35. The van der Waals surface area contributed by atoms with Crippen LogP contribution in [0.5, 0.6) is 0 Å². The molecular weight excluding hydrogens is 268 g/mol. The Labute approximate surface area is 122 Å². The van der Waals surface area contributed by atoms with Gasteiger partial charge >= 0.3 is 0 Å². The number of nitro groups is 1. The van der Waals surface area contributed by atoms with Crippen LogP contribution in [0.3, 0.4) is 0 Å². The van der Waals surface area contributed by atoms with E-state index in [1.807, 2.05) is 12.1 Å². The van der Waals surface area contributed by atoms with Crippen molar-refractivity contribution in [2.45, 2.75) is 0 Å². The normalized spacial score (nSPS) is 11.0. The molecule has 0 radical (unpaired) electrons. The lowest BCUT2D eigenvalue weighted by Crippen LogP contribution is -2.25. The Morgan fingerprint density at radius 2 is 1.52 bits per heavy atom. The maximum atomic E-state index is 12.0. The van der Waals surface area contributed by atoms with Crippen molar-refractivity contribution in [3.63, 3.8) is 0 Å². The SMILES string of the molecule is O=C(NC/C(=C\[N+](=O)[O-])c1ccccc1)c1ccccc1. The summed E-state index contributed by atoms with van der Waals surface area (Å²) >= 11 is 0. The Morgan fingerprint density at radius 1 is 1.00 bits per heavy atom. The first-order valence-corrected chi connectivity index (χ1v) is 6.39. The summed E-state index contributed by atoms with van der Waals surface area (Å²) in [5.74, 6) is -0.263. The molecule has 0 aromatic heterocycles. The van der Waals surface area contributed by atoms with Crippen molar-refractivity contribution in [2.24, 2.45) is 0 Å². The van der Waals surface area contributed by atoms with Gasteiger partial charge in [-0.05, 0) is 17.7 Å². The molecule has 106 valence electrons. The first-order chi connectivity index (χ1) is 10.2. The number of amides is 1. The predicted octanol–water partition coefficient (Wildman–Crippen LogP) is 2.73. The van der Waals surface area contributed by atoms with Gasteiger partial charge in [-0.15, -0.1) is 0 Å². The Morgan fingerprint density at radius 3 is 2.05 bits per heavy atom. The minimum absolute atomic E-state index is 0.0960. The molecular formula is C16H14N2O3. The molecule has 21 heavy (non-hydrogen) atoms. The van der Waals surface area contributed by atoms with E-state index in [0.29, 0.717) is 16.7 Å². The lowest BCUT2D eigenvalue weighted by atomic mass is 10.1. The van der Waals surface area contributed by atoms with Gasteiger partial charge in [-0.3, -0.25) is 14.9 Å². The van der Waals surface area contributed by atoms with E-state index in [-0.39, 0.29) is 12.5 Å². The van der Waals surface area contributed by atoms with E-state index in [1.54, 1.807) is 48.5 Å². The van der Waals surface area contributed by atoms with Crippen LogP contribution in [0.1, 0.15) is 15.9 Å². The molecule has 5 heteroatoms. The highest BCUT2D eigenvalue weighted by Gasteiger charge is 2.09. The Balaban J connectivity index is 2.11. The number of nitrogens with one attached hydrogen (secondary N) is 1. The molecule has 0 bridgehead atoms. The molecule has 0 aliphatic rings. The molecule has 0 unspecified atom stereocenters. The zero-order valence-electron chi connectivity index (χ0n) is 11.2. The lowest BCUT2D eigenvalue weighted by molar-refractivity contribution is -0.401. The second-order valence-corrected chi connectivity index (χ2v) is 4.35. The third kappa shape index (κ3) is 4.28. The minimum atomic E-state index is -0.517. The van der Waals surface area contributed by atoms with Crippen LogP contribution in [0.2, 0.25) is 0 Å². The highest BCUT2D eigenvalue weighted by Crippen LogP contribution is 2.13. The molecule has 0 aliphatic heterocycles. The van der Waals surface area contributed by atoms with Gasteiger partial charge in [-0.2, -0.15) is 0 Å². The summed E-state index contributed by atoms with van der Waals surface area (Å²) in [5.41, 5.74) is 1.68. The molecule has 0 spiro atoms. The molecule has 0 heterocycles. The van der Waals surface area contributed by atoms with Crippen molar-refractivity contribution in [1.29, 1.82) is 0 Å². The zero-order valence-corrected chi connectivity index (χ0v) is 11.2. The Bertz CT molecular complexity index is 652. The van der Waals surface area contributed by atoms with Crippen molar-refractivity contribution in [1.82, 2.24) is 5.32 Å². The number of hydrogen-bond acceptors (Lipinski definition) is 3. The smallest absolute Gasteiger partial charge is 0.251 e. The molecule has 0 fully saturated rings. The number of nitrogens with zero attached hydrogens (tertiary/aromatic N) is 1. The van der Waals surface area contributed by atoms with Crippen LogP contribution in [0, 0.1) is 10.1 Å². The van der Waals surface area contributed by atoms with Gasteiger partial charge in [0.15, 0.2) is 0 Å². The van der Waals surface area contributed by atoms with Gasteiger partial charge in [0.25, 0.3) is 5.91 Å².